The number of carbonyl (C=O) groups is 1. The lowest BCUT2D eigenvalue weighted by molar-refractivity contribution is -0.136. The van der Waals surface area contributed by atoms with Crippen molar-refractivity contribution < 1.29 is 9.90 Å². The summed E-state index contributed by atoms with van der Waals surface area (Å²) in [7, 11) is 0. The number of carboxylic acids is 1. The van der Waals surface area contributed by atoms with Crippen molar-refractivity contribution in [3.8, 4) is 5.69 Å². The minimum Gasteiger partial charge on any atom is -0.481 e. The Bertz CT molecular complexity index is 675. The Labute approximate surface area is 117 Å². The third-order valence-electron chi connectivity index (χ3n) is 3.25. The highest BCUT2D eigenvalue weighted by molar-refractivity contribution is 5.67. The summed E-state index contributed by atoms with van der Waals surface area (Å²) in [5, 5.41) is 8.83. The molecular formula is C16H17NO3. The van der Waals surface area contributed by atoms with Crippen LogP contribution in [0.5, 0.6) is 0 Å². The van der Waals surface area contributed by atoms with Crippen LogP contribution in [0.3, 0.4) is 0 Å². The highest BCUT2D eigenvalue weighted by Gasteiger charge is 2.09. The number of carboxylic acid groups (broad SMARTS) is 1. The lowest BCUT2D eigenvalue weighted by Crippen LogP contribution is -2.13. The summed E-state index contributed by atoms with van der Waals surface area (Å²) in [4.78, 5) is 22.3. The molecule has 104 valence electrons. The Morgan fingerprint density at radius 1 is 1.15 bits per heavy atom. The normalized spacial score (nSPS) is 10.5. The Kier molecular flexibility index (Phi) is 4.03. The minimum absolute atomic E-state index is 0.0146. The average Bonchev–Trinajstić information content (AvgIpc) is 2.36. The number of nitrogens with zero attached hydrogens (tertiary/aromatic N) is 1. The van der Waals surface area contributed by atoms with Gasteiger partial charge in [-0.05, 0) is 31.9 Å². The lowest BCUT2D eigenvalue weighted by Gasteiger charge is -2.17. The monoisotopic (exact) mass is 271 g/mol. The fourth-order valence-electron chi connectivity index (χ4n) is 2.42. The van der Waals surface area contributed by atoms with Gasteiger partial charge in [0.1, 0.15) is 0 Å². The molecule has 2 rings (SSSR count). The zero-order valence-corrected chi connectivity index (χ0v) is 11.6. The summed E-state index contributed by atoms with van der Waals surface area (Å²) in [5.74, 6) is -0.812. The van der Waals surface area contributed by atoms with E-state index in [0.29, 0.717) is 6.42 Å². The number of pyridine rings is 1. The molecule has 0 amide bonds. The highest BCUT2D eigenvalue weighted by Crippen LogP contribution is 2.19. The van der Waals surface area contributed by atoms with Crippen LogP contribution in [-0.2, 0) is 11.2 Å². The molecule has 0 aliphatic carbocycles. The van der Waals surface area contributed by atoms with Crippen molar-refractivity contribution in [1.29, 1.82) is 0 Å². The van der Waals surface area contributed by atoms with Gasteiger partial charge >= 0.3 is 5.97 Å². The van der Waals surface area contributed by atoms with E-state index in [-0.39, 0.29) is 11.8 Å². The molecule has 0 unspecified atom stereocenters. The molecule has 0 radical (unpaired) electrons. The molecule has 1 aromatic carbocycles. The van der Waals surface area contributed by atoms with E-state index in [0.717, 1.165) is 22.6 Å². The third-order valence-corrected chi connectivity index (χ3v) is 3.25. The summed E-state index contributed by atoms with van der Waals surface area (Å²) < 4.78 is 1.98. The minimum atomic E-state index is -0.812. The Hall–Kier alpha value is -2.36. The van der Waals surface area contributed by atoms with E-state index < -0.39 is 5.97 Å². The second kappa shape index (κ2) is 5.74. The second-order valence-electron chi connectivity index (χ2n) is 4.83. The zero-order valence-electron chi connectivity index (χ0n) is 11.6. The molecule has 4 heteroatoms. The SMILES string of the molecule is Cc1cc(=O)cc(C)n1-c1ccccc1CCC(=O)O. The molecule has 0 fully saturated rings. The van der Waals surface area contributed by atoms with Crippen molar-refractivity contribution in [3.05, 3.63) is 63.6 Å². The Balaban J connectivity index is 2.53. The van der Waals surface area contributed by atoms with Gasteiger partial charge in [-0.1, -0.05) is 18.2 Å². The van der Waals surface area contributed by atoms with Crippen LogP contribution in [0.25, 0.3) is 5.69 Å². The number of hydrogen-bond acceptors (Lipinski definition) is 2. The molecular weight excluding hydrogens is 254 g/mol. The van der Waals surface area contributed by atoms with Crippen LogP contribution in [0.15, 0.2) is 41.2 Å². The van der Waals surface area contributed by atoms with E-state index >= 15 is 0 Å². The summed E-state index contributed by atoms with van der Waals surface area (Å²) in [6.07, 6.45) is 0.561. The van der Waals surface area contributed by atoms with Crippen LogP contribution in [0.2, 0.25) is 0 Å². The van der Waals surface area contributed by atoms with Gasteiger partial charge in [0.2, 0.25) is 0 Å². The van der Waals surface area contributed by atoms with Crippen molar-refractivity contribution in [1.82, 2.24) is 4.57 Å². The van der Waals surface area contributed by atoms with Crippen molar-refractivity contribution >= 4 is 5.97 Å². The number of rotatable bonds is 4. The molecule has 0 spiro atoms. The first-order valence-corrected chi connectivity index (χ1v) is 6.49. The third kappa shape index (κ3) is 2.96. The van der Waals surface area contributed by atoms with Gasteiger partial charge in [-0.25, -0.2) is 0 Å². The molecule has 1 aromatic heterocycles. The molecule has 20 heavy (non-hydrogen) atoms. The van der Waals surface area contributed by atoms with Crippen LogP contribution in [0.1, 0.15) is 23.4 Å². The first-order valence-electron chi connectivity index (χ1n) is 6.49. The first kappa shape index (κ1) is 14.1. The van der Waals surface area contributed by atoms with Crippen LogP contribution >= 0.6 is 0 Å². The first-order chi connectivity index (χ1) is 9.49. The predicted molar refractivity (Wildman–Crippen MR) is 77.5 cm³/mol. The van der Waals surface area contributed by atoms with E-state index in [2.05, 4.69) is 0 Å². The van der Waals surface area contributed by atoms with E-state index in [4.69, 9.17) is 5.11 Å². The van der Waals surface area contributed by atoms with Crippen LogP contribution in [0.4, 0.5) is 0 Å². The quantitative estimate of drug-likeness (QED) is 0.929. The molecule has 4 nitrogen and oxygen atoms in total. The maximum absolute atomic E-state index is 11.5. The van der Waals surface area contributed by atoms with Gasteiger partial charge < -0.3 is 9.67 Å². The average molecular weight is 271 g/mol. The number of hydrogen-bond donors (Lipinski definition) is 1. The molecule has 0 saturated heterocycles. The van der Waals surface area contributed by atoms with Gasteiger partial charge in [-0.2, -0.15) is 0 Å². The van der Waals surface area contributed by atoms with Gasteiger partial charge in [-0.3, -0.25) is 9.59 Å². The number of para-hydroxylation sites is 1. The van der Waals surface area contributed by atoms with Crippen LogP contribution in [0, 0.1) is 13.8 Å². The Morgan fingerprint density at radius 3 is 2.35 bits per heavy atom. The van der Waals surface area contributed by atoms with Gasteiger partial charge in [0.25, 0.3) is 0 Å². The van der Waals surface area contributed by atoms with Crippen LogP contribution < -0.4 is 5.43 Å². The topological polar surface area (TPSA) is 59.3 Å². The predicted octanol–water partition coefficient (Wildman–Crippen LogP) is 2.47. The molecule has 2 aromatic rings. The molecule has 0 saturated carbocycles. The van der Waals surface area contributed by atoms with E-state index in [1.165, 1.54) is 0 Å². The molecule has 0 aliphatic rings. The number of aromatic nitrogens is 1. The maximum Gasteiger partial charge on any atom is 0.303 e. The zero-order chi connectivity index (χ0) is 14.7. The van der Waals surface area contributed by atoms with Crippen LogP contribution in [-0.4, -0.2) is 15.6 Å². The number of aryl methyl sites for hydroxylation is 3. The van der Waals surface area contributed by atoms with Gasteiger partial charge in [0, 0.05) is 35.6 Å². The largest absolute Gasteiger partial charge is 0.481 e. The number of aliphatic carboxylic acids is 1. The van der Waals surface area contributed by atoms with Gasteiger partial charge in [0.05, 0.1) is 0 Å². The second-order valence-corrected chi connectivity index (χ2v) is 4.83. The summed E-state index contributed by atoms with van der Waals surface area (Å²) in [6.45, 7) is 3.75. The molecule has 0 atom stereocenters. The van der Waals surface area contributed by atoms with Crippen molar-refractivity contribution in [2.24, 2.45) is 0 Å². The summed E-state index contributed by atoms with van der Waals surface area (Å²) >= 11 is 0. The molecule has 0 aliphatic heterocycles. The summed E-state index contributed by atoms with van der Waals surface area (Å²) in [5.41, 5.74) is 3.57. The summed E-state index contributed by atoms with van der Waals surface area (Å²) in [6, 6.07) is 10.9. The van der Waals surface area contributed by atoms with E-state index in [1.54, 1.807) is 12.1 Å². The molecule has 0 bridgehead atoms. The van der Waals surface area contributed by atoms with Gasteiger partial charge in [0.15, 0.2) is 5.43 Å². The van der Waals surface area contributed by atoms with Crippen molar-refractivity contribution in [2.75, 3.05) is 0 Å². The lowest BCUT2D eigenvalue weighted by atomic mass is 10.1. The van der Waals surface area contributed by atoms with Gasteiger partial charge in [-0.15, -0.1) is 0 Å². The standard InChI is InChI=1S/C16H17NO3/c1-11-9-14(18)10-12(2)17(11)15-6-4-3-5-13(15)7-8-16(19)20/h3-6,9-10H,7-8H2,1-2H3,(H,19,20). The van der Waals surface area contributed by atoms with E-state index in [1.807, 2.05) is 42.7 Å². The van der Waals surface area contributed by atoms with Crippen molar-refractivity contribution in [3.63, 3.8) is 0 Å². The molecule has 1 heterocycles. The highest BCUT2D eigenvalue weighted by atomic mass is 16.4. The fraction of sp³-hybridized carbons (Fsp3) is 0.250. The van der Waals surface area contributed by atoms with Crippen molar-refractivity contribution in [2.45, 2.75) is 26.7 Å². The van der Waals surface area contributed by atoms with E-state index in [9.17, 15) is 9.59 Å². The Morgan fingerprint density at radius 2 is 1.75 bits per heavy atom. The fourth-order valence-corrected chi connectivity index (χ4v) is 2.42. The maximum atomic E-state index is 11.5. The number of benzene rings is 1. The molecule has 1 N–H and O–H groups in total. The smallest absolute Gasteiger partial charge is 0.303 e.